The second kappa shape index (κ2) is 9.41. The van der Waals surface area contributed by atoms with E-state index in [4.69, 9.17) is 9.26 Å². The number of rotatable bonds is 8. The second-order valence-electron chi connectivity index (χ2n) is 6.28. The van der Waals surface area contributed by atoms with Crippen LogP contribution in [0, 0.1) is 6.92 Å². The van der Waals surface area contributed by atoms with Crippen molar-refractivity contribution in [1.29, 1.82) is 0 Å². The van der Waals surface area contributed by atoms with Crippen LogP contribution in [0.3, 0.4) is 0 Å². The lowest BCUT2D eigenvalue weighted by Gasteiger charge is -2.20. The van der Waals surface area contributed by atoms with E-state index < -0.39 is 0 Å². The topological polar surface area (TPSA) is 68.5 Å². The molecule has 0 unspecified atom stereocenters. The number of pyridine rings is 1. The summed E-state index contributed by atoms with van der Waals surface area (Å²) in [6, 6.07) is 13.2. The second-order valence-corrected chi connectivity index (χ2v) is 7.24. The number of benzene rings is 1. The van der Waals surface area contributed by atoms with Gasteiger partial charge < -0.3 is 14.2 Å². The van der Waals surface area contributed by atoms with Crippen LogP contribution in [0.5, 0.6) is 5.75 Å². The van der Waals surface area contributed by atoms with Crippen LogP contribution in [0.1, 0.15) is 34.3 Å². The third-order valence-electron chi connectivity index (χ3n) is 4.06. The molecule has 0 radical (unpaired) electrons. The molecule has 7 heteroatoms. The van der Waals surface area contributed by atoms with Gasteiger partial charge in [0, 0.05) is 37.2 Å². The number of carbonyl (C=O) groups excluding carboxylic acids is 1. The highest BCUT2D eigenvalue weighted by Gasteiger charge is 2.18. The first-order valence-electron chi connectivity index (χ1n) is 9.04. The Balaban J connectivity index is 1.73. The predicted molar refractivity (Wildman–Crippen MR) is 108 cm³/mol. The fourth-order valence-corrected chi connectivity index (χ4v) is 3.63. The highest BCUT2D eigenvalue weighted by molar-refractivity contribution is 7.98. The third kappa shape index (κ3) is 4.92. The number of amides is 1. The average Bonchev–Trinajstić information content (AvgIpc) is 3.13. The van der Waals surface area contributed by atoms with Crippen molar-refractivity contribution in [2.24, 2.45) is 0 Å². The summed E-state index contributed by atoms with van der Waals surface area (Å²) in [6.07, 6.45) is 1.69. The Kier molecular flexibility index (Phi) is 6.71. The molecule has 1 amide bonds. The molecule has 0 aliphatic rings. The number of hydrogen-bond donors (Lipinski definition) is 0. The fraction of sp³-hybridized carbons (Fsp3) is 0.286. The van der Waals surface area contributed by atoms with Crippen molar-refractivity contribution in [1.82, 2.24) is 15.0 Å². The molecule has 28 heavy (non-hydrogen) atoms. The van der Waals surface area contributed by atoms with E-state index in [0.717, 1.165) is 22.8 Å². The molecule has 0 N–H and O–H groups in total. The molecule has 0 atom stereocenters. The minimum atomic E-state index is -0.0850. The van der Waals surface area contributed by atoms with Gasteiger partial charge in [-0.05, 0) is 32.0 Å². The van der Waals surface area contributed by atoms with Gasteiger partial charge in [0.1, 0.15) is 16.5 Å². The van der Waals surface area contributed by atoms with Gasteiger partial charge in [0.05, 0.1) is 17.9 Å². The molecule has 6 nitrogen and oxygen atoms in total. The lowest BCUT2D eigenvalue weighted by Crippen LogP contribution is -2.27. The molecular weight excluding hydrogens is 374 g/mol. The maximum atomic E-state index is 13.1. The van der Waals surface area contributed by atoms with Crippen LogP contribution in [-0.4, -0.2) is 34.6 Å². The van der Waals surface area contributed by atoms with Gasteiger partial charge in [0.25, 0.3) is 5.91 Å². The number of para-hydroxylation sites is 1. The molecule has 0 fully saturated rings. The Morgan fingerprint density at radius 2 is 2.07 bits per heavy atom. The lowest BCUT2D eigenvalue weighted by molar-refractivity contribution is 0.0779. The Morgan fingerprint density at radius 3 is 2.82 bits per heavy atom. The van der Waals surface area contributed by atoms with Crippen LogP contribution in [0.15, 0.2) is 58.2 Å². The lowest BCUT2D eigenvalue weighted by atomic mass is 10.1. The van der Waals surface area contributed by atoms with Crippen molar-refractivity contribution in [2.75, 3.05) is 13.7 Å². The third-order valence-corrected chi connectivity index (χ3v) is 5.10. The zero-order chi connectivity index (χ0) is 19.9. The first-order chi connectivity index (χ1) is 13.6. The summed E-state index contributed by atoms with van der Waals surface area (Å²) in [5, 5.41) is 4.67. The van der Waals surface area contributed by atoms with Crippen molar-refractivity contribution < 1.29 is 14.1 Å². The summed E-state index contributed by atoms with van der Waals surface area (Å²) in [4.78, 5) is 19.1. The zero-order valence-electron chi connectivity index (χ0n) is 16.2. The summed E-state index contributed by atoms with van der Waals surface area (Å²) in [5.74, 6) is 2.07. The molecule has 0 aliphatic heterocycles. The van der Waals surface area contributed by atoms with Crippen LogP contribution < -0.4 is 4.74 Å². The molecule has 1 aromatic carbocycles. The van der Waals surface area contributed by atoms with Gasteiger partial charge in [-0.15, -0.1) is 0 Å². The van der Waals surface area contributed by atoms with E-state index >= 15 is 0 Å². The number of ether oxygens (including phenoxy) is 1. The largest absolute Gasteiger partial charge is 0.494 e. The molecule has 0 aliphatic carbocycles. The average molecular weight is 398 g/mol. The smallest absolute Gasteiger partial charge is 0.256 e. The number of aromatic nitrogens is 2. The summed E-state index contributed by atoms with van der Waals surface area (Å²) < 4.78 is 10.8. The van der Waals surface area contributed by atoms with Crippen molar-refractivity contribution in [3.63, 3.8) is 0 Å². The molecule has 3 aromatic rings. The summed E-state index contributed by atoms with van der Waals surface area (Å²) in [5.41, 5.74) is 2.37. The Labute approximate surface area is 168 Å². The Morgan fingerprint density at radius 1 is 1.25 bits per heavy atom. The first-order valence-corrected chi connectivity index (χ1v) is 10.0. The molecule has 0 bridgehead atoms. The Hall–Kier alpha value is -2.80. The van der Waals surface area contributed by atoms with Gasteiger partial charge in [-0.1, -0.05) is 35.1 Å². The van der Waals surface area contributed by atoms with E-state index in [1.54, 1.807) is 30.3 Å². The van der Waals surface area contributed by atoms with Crippen molar-refractivity contribution in [3.05, 3.63) is 71.2 Å². The summed E-state index contributed by atoms with van der Waals surface area (Å²) in [6.45, 7) is 4.84. The number of thioether (sulfide) groups is 1. The number of nitrogens with zero attached hydrogens (tertiary/aromatic N) is 3. The van der Waals surface area contributed by atoms with Gasteiger partial charge in [0.2, 0.25) is 0 Å². The van der Waals surface area contributed by atoms with E-state index in [0.29, 0.717) is 29.5 Å². The molecule has 0 saturated heterocycles. The summed E-state index contributed by atoms with van der Waals surface area (Å²) >= 11 is 1.47. The molecular formula is C21H23N3O3S. The van der Waals surface area contributed by atoms with E-state index in [2.05, 4.69) is 10.1 Å². The summed E-state index contributed by atoms with van der Waals surface area (Å²) in [7, 11) is 1.79. The molecule has 0 spiro atoms. The van der Waals surface area contributed by atoms with E-state index in [1.165, 1.54) is 11.8 Å². The molecule has 3 rings (SSSR count). The first kappa shape index (κ1) is 19.9. The van der Waals surface area contributed by atoms with E-state index in [-0.39, 0.29) is 5.91 Å². The van der Waals surface area contributed by atoms with Crippen LogP contribution in [0.2, 0.25) is 0 Å². The van der Waals surface area contributed by atoms with Crippen molar-refractivity contribution in [3.8, 4) is 5.75 Å². The van der Waals surface area contributed by atoms with Gasteiger partial charge in [-0.2, -0.15) is 0 Å². The van der Waals surface area contributed by atoms with Crippen LogP contribution in [0.25, 0.3) is 0 Å². The van der Waals surface area contributed by atoms with E-state index in [1.807, 2.05) is 44.2 Å². The fourth-order valence-electron chi connectivity index (χ4n) is 2.76. The predicted octanol–water partition coefficient (Wildman–Crippen LogP) is 4.34. The highest BCUT2D eigenvalue weighted by atomic mass is 32.2. The van der Waals surface area contributed by atoms with Crippen LogP contribution in [0.4, 0.5) is 0 Å². The van der Waals surface area contributed by atoms with Gasteiger partial charge in [-0.25, -0.2) is 4.98 Å². The SMILES string of the molecule is CCOc1ccccc1CN(C)C(=O)c1cccnc1SCc1cc(C)on1. The standard InChI is InChI=1S/C21H23N3O3S/c1-4-26-19-10-6-5-8-16(19)13-24(3)21(25)18-9-7-11-22-20(18)28-14-17-12-15(2)27-23-17/h5-12H,4,13-14H2,1-3H3. The van der Waals surface area contributed by atoms with Crippen LogP contribution >= 0.6 is 11.8 Å². The van der Waals surface area contributed by atoms with Gasteiger partial charge in [0.15, 0.2) is 0 Å². The normalized spacial score (nSPS) is 10.7. The maximum Gasteiger partial charge on any atom is 0.256 e. The number of aryl methyl sites for hydroxylation is 1. The van der Waals surface area contributed by atoms with Crippen LogP contribution in [-0.2, 0) is 12.3 Å². The van der Waals surface area contributed by atoms with Crippen molar-refractivity contribution in [2.45, 2.75) is 31.2 Å². The molecule has 146 valence electrons. The van der Waals surface area contributed by atoms with E-state index in [9.17, 15) is 4.79 Å². The van der Waals surface area contributed by atoms with Crippen molar-refractivity contribution >= 4 is 17.7 Å². The number of carbonyl (C=O) groups is 1. The monoisotopic (exact) mass is 397 g/mol. The highest BCUT2D eigenvalue weighted by Crippen LogP contribution is 2.26. The molecule has 2 heterocycles. The number of hydrogen-bond acceptors (Lipinski definition) is 6. The van der Waals surface area contributed by atoms with Gasteiger partial charge >= 0.3 is 0 Å². The minimum absolute atomic E-state index is 0.0850. The van der Waals surface area contributed by atoms with Gasteiger partial charge in [-0.3, -0.25) is 4.79 Å². The quantitative estimate of drug-likeness (QED) is 0.527. The minimum Gasteiger partial charge on any atom is -0.494 e. The molecule has 0 saturated carbocycles. The molecule has 2 aromatic heterocycles. The Bertz CT molecular complexity index is 942. The zero-order valence-corrected chi connectivity index (χ0v) is 17.0. The maximum absolute atomic E-state index is 13.1.